The monoisotopic (exact) mass is 325 g/mol. The van der Waals surface area contributed by atoms with Gasteiger partial charge in [0.15, 0.2) is 5.82 Å². The number of aromatic nitrogens is 4. The number of fused-ring (bicyclic) bond motifs is 1. The van der Waals surface area contributed by atoms with E-state index >= 15 is 0 Å². The van der Waals surface area contributed by atoms with Gasteiger partial charge in [-0.2, -0.15) is 5.10 Å². The highest BCUT2D eigenvalue weighted by molar-refractivity contribution is 5.93. The molecule has 126 valence electrons. The van der Waals surface area contributed by atoms with Crippen LogP contribution in [0.5, 0.6) is 0 Å². The number of hydrogen-bond donors (Lipinski definition) is 3. The van der Waals surface area contributed by atoms with Gasteiger partial charge >= 0.3 is 0 Å². The molecule has 24 heavy (non-hydrogen) atoms. The summed E-state index contributed by atoms with van der Waals surface area (Å²) in [7, 11) is 0. The molecule has 0 fully saturated rings. The molecular formula is C18H23N5O. The van der Waals surface area contributed by atoms with Crippen LogP contribution in [0, 0.1) is 27.7 Å². The zero-order valence-electron chi connectivity index (χ0n) is 14.7. The van der Waals surface area contributed by atoms with E-state index in [9.17, 15) is 4.79 Å². The SMILES string of the molecule is Cc1nc([C@H](C)NC(=O)Cc2c(C)[nH]c3c(C)ccc(C)c23)n[nH]1. The van der Waals surface area contributed by atoms with Gasteiger partial charge in [-0.05, 0) is 51.3 Å². The molecule has 0 saturated heterocycles. The number of aromatic amines is 2. The first kappa shape index (κ1) is 16.2. The van der Waals surface area contributed by atoms with Crippen molar-refractivity contribution in [2.75, 3.05) is 0 Å². The van der Waals surface area contributed by atoms with Crippen LogP contribution < -0.4 is 5.32 Å². The summed E-state index contributed by atoms with van der Waals surface area (Å²) in [6.45, 7) is 9.90. The van der Waals surface area contributed by atoms with Gasteiger partial charge in [-0.15, -0.1) is 0 Å². The summed E-state index contributed by atoms with van der Waals surface area (Å²) in [6, 6.07) is 3.98. The van der Waals surface area contributed by atoms with Gasteiger partial charge in [0.2, 0.25) is 5.91 Å². The Balaban J connectivity index is 1.83. The quantitative estimate of drug-likeness (QED) is 0.689. The molecule has 3 rings (SSSR count). The van der Waals surface area contributed by atoms with E-state index in [2.05, 4.69) is 51.5 Å². The van der Waals surface area contributed by atoms with Crippen LogP contribution in [0.15, 0.2) is 12.1 Å². The van der Waals surface area contributed by atoms with E-state index in [0.29, 0.717) is 12.2 Å². The minimum atomic E-state index is -0.226. The summed E-state index contributed by atoms with van der Waals surface area (Å²) >= 11 is 0. The Morgan fingerprint density at radius 1 is 1.21 bits per heavy atom. The summed E-state index contributed by atoms with van der Waals surface area (Å²) in [4.78, 5) is 20.2. The molecule has 6 heteroatoms. The highest BCUT2D eigenvalue weighted by Crippen LogP contribution is 2.28. The number of carbonyl (C=O) groups excluding carboxylic acids is 1. The van der Waals surface area contributed by atoms with Gasteiger partial charge < -0.3 is 10.3 Å². The van der Waals surface area contributed by atoms with E-state index in [1.54, 1.807) is 0 Å². The molecule has 0 aliphatic heterocycles. The van der Waals surface area contributed by atoms with Gasteiger partial charge in [-0.3, -0.25) is 9.89 Å². The summed E-state index contributed by atoms with van der Waals surface area (Å²) < 4.78 is 0. The molecule has 2 aromatic heterocycles. The molecule has 0 spiro atoms. The van der Waals surface area contributed by atoms with Crippen LogP contribution in [0.25, 0.3) is 10.9 Å². The van der Waals surface area contributed by atoms with Crippen molar-refractivity contribution in [3.05, 3.63) is 46.2 Å². The summed E-state index contributed by atoms with van der Waals surface area (Å²) in [5.41, 5.74) is 5.59. The van der Waals surface area contributed by atoms with Crippen molar-refractivity contribution < 1.29 is 4.79 Å². The fraction of sp³-hybridized carbons (Fsp3) is 0.389. The molecule has 0 unspecified atom stereocenters. The normalized spacial score (nSPS) is 12.5. The molecule has 3 aromatic rings. The number of H-pyrrole nitrogens is 2. The van der Waals surface area contributed by atoms with E-state index in [4.69, 9.17) is 0 Å². The lowest BCUT2D eigenvalue weighted by Gasteiger charge is -2.11. The van der Waals surface area contributed by atoms with Crippen LogP contribution in [0.1, 0.15) is 47.0 Å². The third-order valence-corrected chi connectivity index (χ3v) is 4.41. The average Bonchev–Trinajstić information content (AvgIpc) is 3.08. The van der Waals surface area contributed by atoms with E-state index in [1.807, 2.05) is 20.8 Å². The van der Waals surface area contributed by atoms with Crippen LogP contribution in [0.2, 0.25) is 0 Å². The molecule has 1 aromatic carbocycles. The summed E-state index contributed by atoms with van der Waals surface area (Å²) in [5, 5.41) is 11.0. The van der Waals surface area contributed by atoms with E-state index in [0.717, 1.165) is 28.0 Å². The fourth-order valence-corrected chi connectivity index (χ4v) is 3.10. The first-order valence-corrected chi connectivity index (χ1v) is 8.12. The first-order chi connectivity index (χ1) is 11.4. The minimum Gasteiger partial charge on any atom is -0.358 e. The molecule has 0 bridgehead atoms. The zero-order chi connectivity index (χ0) is 17.4. The van der Waals surface area contributed by atoms with E-state index < -0.39 is 0 Å². The van der Waals surface area contributed by atoms with Crippen LogP contribution in [0.3, 0.4) is 0 Å². The minimum absolute atomic E-state index is 0.0325. The summed E-state index contributed by atoms with van der Waals surface area (Å²) in [6.07, 6.45) is 0.337. The standard InChI is InChI=1S/C18H23N5O/c1-9-6-7-10(2)17-16(9)14(11(3)20-17)8-15(24)19-12(4)18-21-13(5)22-23-18/h6-7,12,20H,8H2,1-5H3,(H,19,24)(H,21,22,23)/t12-/m0/s1. The second-order valence-electron chi connectivity index (χ2n) is 6.42. The van der Waals surface area contributed by atoms with Gasteiger partial charge in [-0.25, -0.2) is 4.98 Å². The maximum Gasteiger partial charge on any atom is 0.225 e. The maximum atomic E-state index is 12.5. The predicted octanol–water partition coefficient (Wildman–Crippen LogP) is 2.94. The van der Waals surface area contributed by atoms with E-state index in [-0.39, 0.29) is 11.9 Å². The van der Waals surface area contributed by atoms with Crippen molar-refractivity contribution in [1.29, 1.82) is 0 Å². The fourth-order valence-electron chi connectivity index (χ4n) is 3.10. The first-order valence-electron chi connectivity index (χ1n) is 8.12. The van der Waals surface area contributed by atoms with Gasteiger partial charge in [-0.1, -0.05) is 12.1 Å². The largest absolute Gasteiger partial charge is 0.358 e. The van der Waals surface area contributed by atoms with Crippen molar-refractivity contribution >= 4 is 16.8 Å². The van der Waals surface area contributed by atoms with Gasteiger partial charge in [0.1, 0.15) is 5.82 Å². The second kappa shape index (κ2) is 6.11. The van der Waals surface area contributed by atoms with Crippen molar-refractivity contribution in [1.82, 2.24) is 25.5 Å². The number of amides is 1. The van der Waals surface area contributed by atoms with Gasteiger partial charge in [0, 0.05) is 16.6 Å². The molecule has 3 N–H and O–H groups in total. The lowest BCUT2D eigenvalue weighted by atomic mass is 10.0. The average molecular weight is 325 g/mol. The van der Waals surface area contributed by atoms with E-state index in [1.165, 1.54) is 11.1 Å². The van der Waals surface area contributed by atoms with Crippen molar-refractivity contribution in [2.24, 2.45) is 0 Å². The molecule has 0 aliphatic rings. The molecule has 1 atom stereocenters. The van der Waals surface area contributed by atoms with Crippen molar-refractivity contribution in [3.8, 4) is 0 Å². The Bertz CT molecular complexity index is 906. The molecule has 6 nitrogen and oxygen atoms in total. The highest BCUT2D eigenvalue weighted by atomic mass is 16.1. The van der Waals surface area contributed by atoms with Gasteiger partial charge in [0.05, 0.1) is 12.5 Å². The number of hydrogen-bond acceptors (Lipinski definition) is 3. The predicted molar refractivity (Wildman–Crippen MR) is 93.9 cm³/mol. The molecule has 2 heterocycles. The lowest BCUT2D eigenvalue weighted by molar-refractivity contribution is -0.121. The number of carbonyl (C=O) groups is 1. The van der Waals surface area contributed by atoms with Crippen LogP contribution >= 0.6 is 0 Å². The Labute approximate surface area is 141 Å². The molecule has 0 radical (unpaired) electrons. The zero-order valence-corrected chi connectivity index (χ0v) is 14.7. The smallest absolute Gasteiger partial charge is 0.225 e. The Hall–Kier alpha value is -2.63. The van der Waals surface area contributed by atoms with Crippen LogP contribution in [-0.2, 0) is 11.2 Å². The molecule has 0 saturated carbocycles. The number of benzene rings is 1. The second-order valence-corrected chi connectivity index (χ2v) is 6.42. The number of rotatable bonds is 4. The van der Waals surface area contributed by atoms with Gasteiger partial charge in [0.25, 0.3) is 0 Å². The summed E-state index contributed by atoms with van der Waals surface area (Å²) in [5.74, 6) is 1.31. The Morgan fingerprint density at radius 2 is 1.92 bits per heavy atom. The molecule has 0 aliphatic carbocycles. The maximum absolute atomic E-state index is 12.5. The number of aryl methyl sites for hydroxylation is 4. The number of nitrogens with one attached hydrogen (secondary N) is 3. The number of nitrogens with zero attached hydrogens (tertiary/aromatic N) is 2. The Morgan fingerprint density at radius 3 is 2.58 bits per heavy atom. The third kappa shape index (κ3) is 2.91. The third-order valence-electron chi connectivity index (χ3n) is 4.41. The van der Waals surface area contributed by atoms with Crippen molar-refractivity contribution in [3.63, 3.8) is 0 Å². The molecule has 1 amide bonds. The van der Waals surface area contributed by atoms with Crippen LogP contribution in [-0.4, -0.2) is 26.1 Å². The van der Waals surface area contributed by atoms with Crippen LogP contribution in [0.4, 0.5) is 0 Å². The molecular weight excluding hydrogens is 302 g/mol. The topological polar surface area (TPSA) is 86.5 Å². The van der Waals surface area contributed by atoms with Crippen molar-refractivity contribution in [2.45, 2.75) is 47.1 Å². The lowest BCUT2D eigenvalue weighted by Crippen LogP contribution is -2.29. The highest BCUT2D eigenvalue weighted by Gasteiger charge is 2.18. The Kier molecular flexibility index (Phi) is 4.13.